The molecule has 0 fully saturated rings. The number of para-hydroxylation sites is 2. The zero-order valence-corrected chi connectivity index (χ0v) is 18.7. The van der Waals surface area contributed by atoms with E-state index >= 15 is 0 Å². The third-order valence-electron chi connectivity index (χ3n) is 6.32. The number of hydrogen-bond acceptors (Lipinski definition) is 4. The number of aromatic nitrogens is 1. The largest absolute Gasteiger partial charge is 0.309 e. The Morgan fingerprint density at radius 2 is 1.46 bits per heavy atom. The summed E-state index contributed by atoms with van der Waals surface area (Å²) in [6, 6.07) is 37.3. The second kappa shape index (κ2) is 8.30. The lowest BCUT2D eigenvalue weighted by atomic mass is 9.88. The van der Waals surface area contributed by atoms with Crippen LogP contribution in [0.25, 0.3) is 39.2 Å². The van der Waals surface area contributed by atoms with Crippen LogP contribution in [-0.2, 0) is 0 Å². The minimum atomic E-state index is 0.0563. The highest BCUT2D eigenvalue weighted by molar-refractivity contribution is 6.17. The number of anilines is 3. The fourth-order valence-electron chi connectivity index (χ4n) is 4.81. The first-order valence-electron chi connectivity index (χ1n) is 11.3. The van der Waals surface area contributed by atoms with Gasteiger partial charge in [0.25, 0.3) is 0 Å². The number of fused-ring (bicyclic) bond motifs is 2. The molecule has 0 amide bonds. The summed E-state index contributed by atoms with van der Waals surface area (Å²) in [5.74, 6) is 0. The Morgan fingerprint density at radius 1 is 0.686 bits per heavy atom. The fraction of sp³-hybridized carbons (Fsp3) is 0. The Bertz CT molecular complexity index is 1690. The van der Waals surface area contributed by atoms with E-state index in [1.54, 1.807) is 12.3 Å². The Morgan fingerprint density at radius 3 is 2.23 bits per heavy atom. The second-order valence-corrected chi connectivity index (χ2v) is 8.31. The highest BCUT2D eigenvalue weighted by Gasteiger charge is 2.26. The first-order valence-corrected chi connectivity index (χ1v) is 11.3. The predicted molar refractivity (Wildman–Crippen MR) is 140 cm³/mol. The minimum Gasteiger partial charge on any atom is -0.309 e. The van der Waals surface area contributed by atoms with Gasteiger partial charge in [0.05, 0.1) is 17.1 Å². The second-order valence-electron chi connectivity index (χ2n) is 8.31. The average Bonchev–Trinajstić information content (AvgIpc) is 2.93. The summed E-state index contributed by atoms with van der Waals surface area (Å²) in [4.78, 5) is 6.99. The number of nitrogens with zero attached hydrogens (tertiary/aromatic N) is 4. The summed E-state index contributed by atoms with van der Waals surface area (Å²) in [7, 11) is 0. The van der Waals surface area contributed by atoms with Crippen molar-refractivity contribution < 1.29 is 0 Å². The summed E-state index contributed by atoms with van der Waals surface area (Å²) >= 11 is 0. The zero-order valence-electron chi connectivity index (χ0n) is 18.7. The van der Waals surface area contributed by atoms with E-state index < -0.39 is 0 Å². The number of nitriles is 2. The molecular formula is C31H18N4. The molecule has 6 rings (SSSR count). The number of allylic oxidation sites excluding steroid dienone is 1. The first-order chi connectivity index (χ1) is 17.3. The van der Waals surface area contributed by atoms with E-state index in [2.05, 4.69) is 88.7 Å². The topological polar surface area (TPSA) is 63.7 Å². The van der Waals surface area contributed by atoms with Gasteiger partial charge in [-0.25, -0.2) is 0 Å². The molecule has 162 valence electrons. The van der Waals surface area contributed by atoms with Gasteiger partial charge in [-0.1, -0.05) is 66.7 Å². The van der Waals surface area contributed by atoms with E-state index in [1.807, 2.05) is 30.3 Å². The molecule has 0 saturated carbocycles. The molecule has 0 N–H and O–H groups in total. The zero-order chi connectivity index (χ0) is 23.8. The van der Waals surface area contributed by atoms with Gasteiger partial charge in [0.1, 0.15) is 17.7 Å². The Labute approximate surface area is 203 Å². The molecule has 35 heavy (non-hydrogen) atoms. The van der Waals surface area contributed by atoms with Crippen molar-refractivity contribution in [3.8, 4) is 34.5 Å². The van der Waals surface area contributed by atoms with Gasteiger partial charge < -0.3 is 4.90 Å². The van der Waals surface area contributed by atoms with Gasteiger partial charge in [-0.2, -0.15) is 10.5 Å². The quantitative estimate of drug-likeness (QED) is 0.260. The van der Waals surface area contributed by atoms with E-state index in [0.717, 1.165) is 39.3 Å². The minimum absolute atomic E-state index is 0.0563. The molecule has 4 nitrogen and oxygen atoms in total. The molecule has 1 aliphatic heterocycles. The monoisotopic (exact) mass is 446 g/mol. The third-order valence-corrected chi connectivity index (χ3v) is 6.32. The fourth-order valence-corrected chi connectivity index (χ4v) is 4.81. The lowest BCUT2D eigenvalue weighted by Crippen LogP contribution is -2.15. The van der Waals surface area contributed by atoms with Crippen molar-refractivity contribution in [2.75, 3.05) is 4.90 Å². The molecule has 0 aliphatic carbocycles. The van der Waals surface area contributed by atoms with Gasteiger partial charge in [0.2, 0.25) is 0 Å². The van der Waals surface area contributed by atoms with Crippen LogP contribution in [0.2, 0.25) is 0 Å². The number of benzene rings is 4. The Balaban J connectivity index is 1.57. The number of hydrogen-bond donors (Lipinski definition) is 0. The summed E-state index contributed by atoms with van der Waals surface area (Å²) in [6.07, 6.45) is 3.24. The standard InChI is InChI=1S/C31H18N4/c32-18-22(19-33)17-21-13-15-28(34-20-21)24-14-16-30-31-26(24)10-6-11-27(31)25-9-4-5-12-29(25)35(30)23-7-2-1-3-8-23/h1-17,20H. The van der Waals surface area contributed by atoms with Crippen LogP contribution in [0.5, 0.6) is 0 Å². The van der Waals surface area contributed by atoms with Crippen molar-refractivity contribution in [3.05, 3.63) is 114 Å². The molecule has 2 heterocycles. The van der Waals surface area contributed by atoms with Crippen molar-refractivity contribution in [2.45, 2.75) is 0 Å². The van der Waals surface area contributed by atoms with Crippen molar-refractivity contribution >= 4 is 33.9 Å². The van der Waals surface area contributed by atoms with E-state index in [9.17, 15) is 0 Å². The lowest BCUT2D eigenvalue weighted by molar-refractivity contribution is 1.28. The SMILES string of the molecule is N#CC(C#N)=Cc1ccc(-c2ccc3c4c(cccc24)-c2ccccc2N3c2ccccc2)nc1. The molecule has 1 aliphatic rings. The number of rotatable bonds is 3. The Kier molecular flexibility index (Phi) is 4.84. The molecule has 0 spiro atoms. The maximum absolute atomic E-state index is 9.03. The average molecular weight is 447 g/mol. The number of pyridine rings is 1. The van der Waals surface area contributed by atoms with Crippen LogP contribution in [0.4, 0.5) is 17.1 Å². The van der Waals surface area contributed by atoms with Crippen LogP contribution in [0, 0.1) is 22.7 Å². The molecule has 4 aromatic carbocycles. The van der Waals surface area contributed by atoms with Crippen LogP contribution in [0.3, 0.4) is 0 Å². The van der Waals surface area contributed by atoms with Crippen LogP contribution in [-0.4, -0.2) is 4.98 Å². The van der Waals surface area contributed by atoms with Gasteiger partial charge >= 0.3 is 0 Å². The normalized spacial score (nSPS) is 11.3. The van der Waals surface area contributed by atoms with Crippen molar-refractivity contribution in [2.24, 2.45) is 0 Å². The lowest BCUT2D eigenvalue weighted by Gasteiger charge is -2.34. The van der Waals surface area contributed by atoms with E-state index in [0.29, 0.717) is 0 Å². The van der Waals surface area contributed by atoms with Gasteiger partial charge in [-0.3, -0.25) is 4.98 Å². The van der Waals surface area contributed by atoms with E-state index in [-0.39, 0.29) is 5.57 Å². The third kappa shape index (κ3) is 3.33. The molecule has 1 aromatic heterocycles. The van der Waals surface area contributed by atoms with Crippen molar-refractivity contribution in [3.63, 3.8) is 0 Å². The van der Waals surface area contributed by atoms with E-state index in [4.69, 9.17) is 10.5 Å². The van der Waals surface area contributed by atoms with Crippen LogP contribution < -0.4 is 4.90 Å². The van der Waals surface area contributed by atoms with Gasteiger partial charge in [-0.05, 0) is 52.9 Å². The van der Waals surface area contributed by atoms with Gasteiger partial charge in [0, 0.05) is 28.4 Å². The molecule has 4 heteroatoms. The highest BCUT2D eigenvalue weighted by Crippen LogP contribution is 2.51. The van der Waals surface area contributed by atoms with Crippen LogP contribution in [0.15, 0.2) is 109 Å². The molecule has 0 unspecified atom stereocenters. The molecule has 0 atom stereocenters. The van der Waals surface area contributed by atoms with Crippen molar-refractivity contribution in [1.82, 2.24) is 4.98 Å². The van der Waals surface area contributed by atoms with Crippen molar-refractivity contribution in [1.29, 1.82) is 10.5 Å². The maximum atomic E-state index is 9.03. The smallest absolute Gasteiger partial charge is 0.130 e. The Hall–Kier alpha value is -5.19. The highest BCUT2D eigenvalue weighted by atomic mass is 15.2. The van der Waals surface area contributed by atoms with Gasteiger partial charge in [-0.15, -0.1) is 0 Å². The molecule has 0 bridgehead atoms. The predicted octanol–water partition coefficient (Wildman–Crippen LogP) is 7.78. The van der Waals surface area contributed by atoms with Crippen LogP contribution >= 0.6 is 0 Å². The summed E-state index contributed by atoms with van der Waals surface area (Å²) in [5, 5.41) is 20.4. The molecular weight excluding hydrogens is 428 g/mol. The summed E-state index contributed by atoms with van der Waals surface area (Å²) in [5.41, 5.74) is 8.46. The maximum Gasteiger partial charge on any atom is 0.130 e. The summed E-state index contributed by atoms with van der Waals surface area (Å²) in [6.45, 7) is 0. The summed E-state index contributed by atoms with van der Waals surface area (Å²) < 4.78 is 0. The first kappa shape index (κ1) is 20.4. The molecule has 5 aromatic rings. The van der Waals surface area contributed by atoms with E-state index in [1.165, 1.54) is 16.5 Å². The molecule has 0 radical (unpaired) electrons. The molecule has 0 saturated heterocycles. The van der Waals surface area contributed by atoms with Crippen LogP contribution in [0.1, 0.15) is 5.56 Å². The van der Waals surface area contributed by atoms with Gasteiger partial charge in [0.15, 0.2) is 0 Å².